The first kappa shape index (κ1) is 19.1. The van der Waals surface area contributed by atoms with Crippen molar-refractivity contribution in [2.75, 3.05) is 32.8 Å². The van der Waals surface area contributed by atoms with Gasteiger partial charge in [0.15, 0.2) is 5.43 Å². The van der Waals surface area contributed by atoms with Crippen LogP contribution in [-0.4, -0.2) is 58.7 Å². The van der Waals surface area contributed by atoms with E-state index in [-0.39, 0.29) is 17.5 Å². The highest BCUT2D eigenvalue weighted by molar-refractivity contribution is 5.78. The molecule has 1 atom stereocenters. The van der Waals surface area contributed by atoms with Gasteiger partial charge in [-0.2, -0.15) is 0 Å². The largest absolute Gasteiger partial charge is 0.396 e. The van der Waals surface area contributed by atoms with E-state index >= 15 is 0 Å². The van der Waals surface area contributed by atoms with Crippen LogP contribution in [0.2, 0.25) is 0 Å². The van der Waals surface area contributed by atoms with Gasteiger partial charge in [0.1, 0.15) is 0 Å². The molecule has 0 radical (unpaired) electrons. The van der Waals surface area contributed by atoms with Crippen molar-refractivity contribution in [2.45, 2.75) is 39.8 Å². The molecular formula is C21H31N3O2. The first-order valence-electron chi connectivity index (χ1n) is 9.54. The summed E-state index contributed by atoms with van der Waals surface area (Å²) in [6.07, 6.45) is 0.792. The Kier molecular flexibility index (Phi) is 5.80. The summed E-state index contributed by atoms with van der Waals surface area (Å²) < 4.78 is 0. The van der Waals surface area contributed by atoms with Gasteiger partial charge >= 0.3 is 0 Å². The molecule has 1 aliphatic rings. The maximum absolute atomic E-state index is 12.3. The van der Waals surface area contributed by atoms with Crippen molar-refractivity contribution < 1.29 is 5.11 Å². The zero-order valence-electron chi connectivity index (χ0n) is 16.2. The van der Waals surface area contributed by atoms with Gasteiger partial charge in [-0.25, -0.2) is 0 Å². The maximum atomic E-state index is 12.3. The summed E-state index contributed by atoms with van der Waals surface area (Å²) in [5.41, 5.74) is 2.18. The Hall–Kier alpha value is -1.69. The van der Waals surface area contributed by atoms with Gasteiger partial charge in [0, 0.05) is 68.0 Å². The van der Waals surface area contributed by atoms with Gasteiger partial charge in [-0.05, 0) is 24.0 Å². The van der Waals surface area contributed by atoms with Crippen molar-refractivity contribution >= 4 is 10.9 Å². The third kappa shape index (κ3) is 4.72. The summed E-state index contributed by atoms with van der Waals surface area (Å²) in [4.78, 5) is 20.6. The minimum Gasteiger partial charge on any atom is -0.396 e. The standard InChI is InChI=1S/C21H31N3O2/c1-21(2,3)15-24-10-9-23(14-17(24)8-11-25)13-16-12-20(26)18-6-4-5-7-19(18)22-16/h4-7,12,17,25H,8-11,13-15H2,1-3H3,(H,22,26). The molecule has 0 spiro atoms. The summed E-state index contributed by atoms with van der Waals surface area (Å²) in [6, 6.07) is 9.75. The highest BCUT2D eigenvalue weighted by Gasteiger charge is 2.29. The summed E-state index contributed by atoms with van der Waals surface area (Å²) in [5, 5.41) is 10.2. The summed E-state index contributed by atoms with van der Waals surface area (Å²) in [7, 11) is 0. The van der Waals surface area contributed by atoms with Crippen LogP contribution in [0.3, 0.4) is 0 Å². The fourth-order valence-corrected chi connectivity index (χ4v) is 3.92. The van der Waals surface area contributed by atoms with Crippen LogP contribution in [0.15, 0.2) is 35.1 Å². The summed E-state index contributed by atoms with van der Waals surface area (Å²) in [6.45, 7) is 11.7. The number of H-pyrrole nitrogens is 1. The van der Waals surface area contributed by atoms with Crippen molar-refractivity contribution in [3.63, 3.8) is 0 Å². The topological polar surface area (TPSA) is 59.6 Å². The number of hydrogen-bond donors (Lipinski definition) is 2. The average molecular weight is 357 g/mol. The van der Waals surface area contributed by atoms with Crippen LogP contribution in [0.25, 0.3) is 10.9 Å². The smallest absolute Gasteiger partial charge is 0.189 e. The lowest BCUT2D eigenvalue weighted by Crippen LogP contribution is -2.55. The van der Waals surface area contributed by atoms with Gasteiger partial charge in [-0.1, -0.05) is 32.9 Å². The highest BCUT2D eigenvalue weighted by atomic mass is 16.3. The fourth-order valence-electron chi connectivity index (χ4n) is 3.92. The number of piperazine rings is 1. The van der Waals surface area contributed by atoms with E-state index in [1.54, 1.807) is 6.07 Å². The van der Waals surface area contributed by atoms with E-state index in [9.17, 15) is 9.90 Å². The third-order valence-corrected chi connectivity index (χ3v) is 5.02. The summed E-state index contributed by atoms with van der Waals surface area (Å²) >= 11 is 0. The minimum absolute atomic E-state index is 0.0765. The van der Waals surface area contributed by atoms with E-state index in [2.05, 4.69) is 35.6 Å². The van der Waals surface area contributed by atoms with Gasteiger partial charge in [0.2, 0.25) is 0 Å². The molecule has 2 aromatic rings. The third-order valence-electron chi connectivity index (χ3n) is 5.02. The van der Waals surface area contributed by atoms with Crippen LogP contribution in [0.5, 0.6) is 0 Å². The number of nitrogens with zero attached hydrogens (tertiary/aromatic N) is 2. The van der Waals surface area contributed by atoms with E-state index in [0.717, 1.165) is 55.7 Å². The number of nitrogens with one attached hydrogen (secondary N) is 1. The lowest BCUT2D eigenvalue weighted by molar-refractivity contribution is 0.0335. The molecule has 2 heterocycles. The molecule has 1 aromatic carbocycles. The Balaban J connectivity index is 1.72. The van der Waals surface area contributed by atoms with E-state index in [1.807, 2.05) is 24.3 Å². The molecule has 0 bridgehead atoms. The number of aliphatic hydroxyl groups is 1. The molecular weight excluding hydrogens is 326 g/mol. The van der Waals surface area contributed by atoms with Gasteiger partial charge in [-0.3, -0.25) is 14.6 Å². The quantitative estimate of drug-likeness (QED) is 0.863. The molecule has 0 amide bonds. The summed E-state index contributed by atoms with van der Waals surface area (Å²) in [5.74, 6) is 0. The Morgan fingerprint density at radius 3 is 2.73 bits per heavy atom. The molecule has 1 aromatic heterocycles. The Morgan fingerprint density at radius 1 is 1.23 bits per heavy atom. The predicted molar refractivity (Wildman–Crippen MR) is 106 cm³/mol. The van der Waals surface area contributed by atoms with Gasteiger partial charge in [0.05, 0.1) is 0 Å². The highest BCUT2D eigenvalue weighted by Crippen LogP contribution is 2.22. The van der Waals surface area contributed by atoms with Crippen LogP contribution in [-0.2, 0) is 6.54 Å². The number of rotatable bonds is 5. The van der Waals surface area contributed by atoms with Crippen molar-refractivity contribution in [3.05, 3.63) is 46.2 Å². The first-order valence-corrected chi connectivity index (χ1v) is 9.54. The van der Waals surface area contributed by atoms with E-state index < -0.39 is 0 Å². The van der Waals surface area contributed by atoms with Crippen LogP contribution in [0.4, 0.5) is 0 Å². The van der Waals surface area contributed by atoms with E-state index in [0.29, 0.717) is 6.04 Å². The monoisotopic (exact) mass is 357 g/mol. The van der Waals surface area contributed by atoms with E-state index in [1.165, 1.54) is 0 Å². The number of hydrogen-bond acceptors (Lipinski definition) is 4. The second-order valence-corrected chi connectivity index (χ2v) is 8.64. The molecule has 1 aliphatic heterocycles. The van der Waals surface area contributed by atoms with Crippen LogP contribution in [0, 0.1) is 5.41 Å². The van der Waals surface area contributed by atoms with Crippen molar-refractivity contribution in [2.24, 2.45) is 5.41 Å². The number of pyridine rings is 1. The number of para-hydroxylation sites is 1. The second-order valence-electron chi connectivity index (χ2n) is 8.64. The zero-order valence-corrected chi connectivity index (χ0v) is 16.2. The molecule has 142 valence electrons. The Morgan fingerprint density at radius 2 is 2.00 bits per heavy atom. The average Bonchev–Trinajstić information content (AvgIpc) is 2.56. The molecule has 0 aliphatic carbocycles. The maximum Gasteiger partial charge on any atom is 0.189 e. The lowest BCUT2D eigenvalue weighted by atomic mass is 9.94. The zero-order chi connectivity index (χ0) is 18.7. The van der Waals surface area contributed by atoms with E-state index in [4.69, 9.17) is 0 Å². The van der Waals surface area contributed by atoms with Crippen molar-refractivity contribution in [1.29, 1.82) is 0 Å². The lowest BCUT2D eigenvalue weighted by Gasteiger charge is -2.43. The number of fused-ring (bicyclic) bond motifs is 1. The normalized spacial score (nSPS) is 19.9. The van der Waals surface area contributed by atoms with Crippen molar-refractivity contribution in [1.82, 2.24) is 14.8 Å². The molecule has 26 heavy (non-hydrogen) atoms. The van der Waals surface area contributed by atoms with Crippen LogP contribution < -0.4 is 5.43 Å². The van der Waals surface area contributed by atoms with Crippen LogP contribution in [0.1, 0.15) is 32.9 Å². The molecule has 5 nitrogen and oxygen atoms in total. The Labute approximate surface area is 155 Å². The van der Waals surface area contributed by atoms with Gasteiger partial charge in [-0.15, -0.1) is 0 Å². The van der Waals surface area contributed by atoms with Gasteiger partial charge in [0.25, 0.3) is 0 Å². The molecule has 3 rings (SSSR count). The number of benzene rings is 1. The van der Waals surface area contributed by atoms with Gasteiger partial charge < -0.3 is 10.1 Å². The van der Waals surface area contributed by atoms with Crippen molar-refractivity contribution in [3.8, 4) is 0 Å². The molecule has 1 saturated heterocycles. The number of aromatic amines is 1. The molecule has 2 N–H and O–H groups in total. The predicted octanol–water partition coefficient (Wildman–Crippen LogP) is 2.44. The number of aliphatic hydroxyl groups excluding tert-OH is 1. The first-order chi connectivity index (χ1) is 12.4. The second kappa shape index (κ2) is 7.91. The molecule has 5 heteroatoms. The molecule has 1 unspecified atom stereocenters. The SMILES string of the molecule is CC(C)(C)CN1CCN(Cc2cc(=O)c3ccccc3[nH]2)CC1CCO. The van der Waals surface area contributed by atoms with Crippen LogP contribution >= 0.6 is 0 Å². The molecule has 0 saturated carbocycles. The molecule has 1 fully saturated rings. The number of aromatic nitrogens is 1. The Bertz CT molecular complexity index is 794. The fraction of sp³-hybridized carbons (Fsp3) is 0.571. The minimum atomic E-state index is 0.0765.